The average Bonchev–Trinajstić information content (AvgIpc) is 2.04. The Labute approximate surface area is 106 Å². The third kappa shape index (κ3) is 6.18. The third-order valence-corrected chi connectivity index (χ3v) is 1.32. The van der Waals surface area contributed by atoms with E-state index in [0.717, 1.165) is 6.08 Å². The Morgan fingerprint density at radius 3 is 2.29 bits per heavy atom. The molecule has 5 heteroatoms. The Morgan fingerprint density at radius 1 is 1.43 bits per heavy atom. The number of rotatable bonds is 4. The maximum Gasteiger partial charge on any atom is 1.00 e. The van der Waals surface area contributed by atoms with Gasteiger partial charge in [-0.1, -0.05) is 13.8 Å². The molecule has 0 amide bonds. The summed E-state index contributed by atoms with van der Waals surface area (Å²) in [6.45, 7) is 5.03. The van der Waals surface area contributed by atoms with Gasteiger partial charge in [0.1, 0.15) is 0 Å². The van der Waals surface area contributed by atoms with E-state index in [0.29, 0.717) is 0 Å². The minimum absolute atomic E-state index is 0. The molecule has 14 heavy (non-hydrogen) atoms. The van der Waals surface area contributed by atoms with Crippen molar-refractivity contribution in [1.29, 1.82) is 0 Å². The molecule has 0 aromatic rings. The van der Waals surface area contributed by atoms with Crippen LogP contribution in [0.1, 0.15) is 20.8 Å². The molecule has 0 spiro atoms. The first-order chi connectivity index (χ1) is 5.99. The Morgan fingerprint density at radius 2 is 1.93 bits per heavy atom. The van der Waals surface area contributed by atoms with Crippen LogP contribution in [0.3, 0.4) is 0 Å². The zero-order chi connectivity index (χ0) is 10.4. The first-order valence-corrected chi connectivity index (χ1v) is 4.08. The van der Waals surface area contributed by atoms with E-state index < -0.39 is 11.7 Å². The van der Waals surface area contributed by atoms with Crippen LogP contribution in [0.4, 0.5) is 0 Å². The third-order valence-electron chi connectivity index (χ3n) is 1.32. The number of hydrogen-bond acceptors (Lipinski definition) is 4. The van der Waals surface area contributed by atoms with Crippen LogP contribution < -0.4 is 34.7 Å². The quantitative estimate of drug-likeness (QED) is 0.214. The number of ketones is 1. The van der Waals surface area contributed by atoms with Crippen LogP contribution in [0.5, 0.6) is 0 Å². The number of carbonyl (C=O) groups is 2. The van der Waals surface area contributed by atoms with E-state index in [-0.39, 0.29) is 47.9 Å². The first kappa shape index (κ1) is 16.1. The second kappa shape index (κ2) is 8.03. The summed E-state index contributed by atoms with van der Waals surface area (Å²) in [5, 5.41) is 10.9. The van der Waals surface area contributed by atoms with Crippen molar-refractivity contribution in [1.82, 2.24) is 0 Å². The van der Waals surface area contributed by atoms with Crippen LogP contribution in [0.2, 0.25) is 0 Å². The fourth-order valence-corrected chi connectivity index (χ4v) is 0.557. The standard InChI is InChI=1S/C9H14O4.Na/c1-4-13-9(12)8(11)5-7(10)6(2)3;/h5-6,11H,4H2,1-3H3;/q;+1/p-1/b8-5-;. The first-order valence-electron chi connectivity index (χ1n) is 4.08. The average molecular weight is 208 g/mol. The molecule has 0 N–H and O–H groups in total. The normalized spacial score (nSPS) is 10.7. The zero-order valence-electron chi connectivity index (χ0n) is 8.99. The summed E-state index contributed by atoms with van der Waals surface area (Å²) in [6.07, 6.45) is 0.780. The van der Waals surface area contributed by atoms with E-state index in [4.69, 9.17) is 0 Å². The number of ether oxygens (including phenoxy) is 1. The van der Waals surface area contributed by atoms with Gasteiger partial charge in [0.15, 0.2) is 5.78 Å². The van der Waals surface area contributed by atoms with E-state index >= 15 is 0 Å². The summed E-state index contributed by atoms with van der Waals surface area (Å²) < 4.78 is 4.41. The van der Waals surface area contributed by atoms with Gasteiger partial charge in [-0.2, -0.15) is 0 Å². The van der Waals surface area contributed by atoms with Crippen molar-refractivity contribution in [2.45, 2.75) is 20.8 Å². The molecule has 0 radical (unpaired) electrons. The van der Waals surface area contributed by atoms with Crippen molar-refractivity contribution in [3.05, 3.63) is 11.8 Å². The molecule has 0 bridgehead atoms. The van der Waals surface area contributed by atoms with Gasteiger partial charge in [0.2, 0.25) is 0 Å². The van der Waals surface area contributed by atoms with E-state index in [1.165, 1.54) is 0 Å². The number of allylic oxidation sites excluding steroid dienone is 1. The van der Waals surface area contributed by atoms with E-state index in [9.17, 15) is 14.7 Å². The van der Waals surface area contributed by atoms with E-state index in [1.807, 2.05) is 0 Å². The maximum atomic E-state index is 11.0. The largest absolute Gasteiger partial charge is 1.00 e. The summed E-state index contributed by atoms with van der Waals surface area (Å²) in [5.74, 6) is -2.51. The van der Waals surface area contributed by atoms with E-state index in [1.54, 1.807) is 20.8 Å². The van der Waals surface area contributed by atoms with Gasteiger partial charge in [-0.25, -0.2) is 4.79 Å². The van der Waals surface area contributed by atoms with E-state index in [2.05, 4.69) is 4.74 Å². The molecule has 0 unspecified atom stereocenters. The van der Waals surface area contributed by atoms with Gasteiger partial charge >= 0.3 is 35.5 Å². The molecule has 0 aliphatic carbocycles. The molecule has 0 aliphatic heterocycles. The molecule has 74 valence electrons. The molecule has 4 nitrogen and oxygen atoms in total. The second-order valence-electron chi connectivity index (χ2n) is 2.79. The molecule has 0 aliphatic rings. The minimum Gasteiger partial charge on any atom is -0.868 e. The van der Waals surface area contributed by atoms with Crippen LogP contribution >= 0.6 is 0 Å². The Hall–Kier alpha value is -0.320. The summed E-state index contributed by atoms with van der Waals surface area (Å²) in [6, 6.07) is 0. The van der Waals surface area contributed by atoms with Crippen molar-refractivity contribution in [3.8, 4) is 0 Å². The van der Waals surface area contributed by atoms with Gasteiger partial charge in [-0.15, -0.1) is 0 Å². The Bertz CT molecular complexity index is 233. The monoisotopic (exact) mass is 208 g/mol. The van der Waals surface area contributed by atoms with Crippen LogP contribution in [-0.4, -0.2) is 18.4 Å². The van der Waals surface area contributed by atoms with Crippen LogP contribution in [0.15, 0.2) is 11.8 Å². The summed E-state index contributed by atoms with van der Waals surface area (Å²) >= 11 is 0. The minimum atomic E-state index is -0.975. The fourth-order valence-electron chi connectivity index (χ4n) is 0.557. The number of carbonyl (C=O) groups excluding carboxylic acids is 2. The molecule has 0 fully saturated rings. The van der Waals surface area contributed by atoms with Crippen LogP contribution in [-0.2, 0) is 14.3 Å². The second-order valence-corrected chi connectivity index (χ2v) is 2.79. The van der Waals surface area contributed by atoms with Crippen molar-refractivity contribution < 1.29 is 49.0 Å². The topological polar surface area (TPSA) is 66.4 Å². The number of hydrogen-bond donors (Lipinski definition) is 0. The van der Waals surface area contributed by atoms with Gasteiger partial charge < -0.3 is 9.84 Å². The fraction of sp³-hybridized carbons (Fsp3) is 0.556. The number of esters is 1. The zero-order valence-corrected chi connectivity index (χ0v) is 11.0. The summed E-state index contributed by atoms with van der Waals surface area (Å²) in [7, 11) is 0. The van der Waals surface area contributed by atoms with Gasteiger partial charge in [-0.05, 0) is 18.8 Å². The molecule has 0 aromatic heterocycles. The molecular formula is C9H13NaO4. The summed E-state index contributed by atoms with van der Waals surface area (Å²) in [5.41, 5.74) is 0. The van der Waals surface area contributed by atoms with Gasteiger partial charge in [0.05, 0.1) is 6.61 Å². The van der Waals surface area contributed by atoms with Crippen LogP contribution in [0.25, 0.3) is 0 Å². The molecule has 0 aromatic carbocycles. The summed E-state index contributed by atoms with van der Waals surface area (Å²) in [4.78, 5) is 21.7. The SMILES string of the molecule is CCOC(=O)/C([O-])=C/C(=O)C(C)C.[Na+]. The van der Waals surface area contributed by atoms with Crippen LogP contribution in [0, 0.1) is 5.92 Å². The van der Waals surface area contributed by atoms with Crippen molar-refractivity contribution >= 4 is 11.8 Å². The molecule has 0 atom stereocenters. The molecular weight excluding hydrogens is 195 g/mol. The van der Waals surface area contributed by atoms with Gasteiger partial charge in [-0.3, -0.25) is 4.79 Å². The molecule has 0 rings (SSSR count). The smallest absolute Gasteiger partial charge is 0.868 e. The van der Waals surface area contributed by atoms with Crippen molar-refractivity contribution in [3.63, 3.8) is 0 Å². The Balaban J connectivity index is 0. The Kier molecular flexibility index (Phi) is 9.24. The van der Waals surface area contributed by atoms with Crippen molar-refractivity contribution in [2.75, 3.05) is 6.61 Å². The molecule has 0 heterocycles. The predicted molar refractivity (Wildman–Crippen MR) is 44.6 cm³/mol. The maximum absolute atomic E-state index is 11.0. The van der Waals surface area contributed by atoms with Gasteiger partial charge in [0, 0.05) is 5.92 Å². The van der Waals surface area contributed by atoms with Gasteiger partial charge in [0.25, 0.3) is 0 Å². The molecule has 0 saturated carbocycles. The molecule has 0 saturated heterocycles. The predicted octanol–water partition coefficient (Wildman–Crippen LogP) is -2.98. The van der Waals surface area contributed by atoms with Crippen molar-refractivity contribution in [2.24, 2.45) is 5.92 Å².